The van der Waals surface area contributed by atoms with E-state index in [-0.39, 0.29) is 41.5 Å². The number of esters is 2. The van der Waals surface area contributed by atoms with Gasteiger partial charge in [0, 0.05) is 37.9 Å². The topological polar surface area (TPSA) is 124 Å². The zero-order valence-corrected chi connectivity index (χ0v) is 24.0. The van der Waals surface area contributed by atoms with Crippen molar-refractivity contribution in [3.05, 3.63) is 16.1 Å². The number of nitrogens with one attached hydrogen (secondary N) is 1. The van der Waals surface area contributed by atoms with Crippen molar-refractivity contribution in [2.24, 2.45) is 11.8 Å². The molecule has 0 unspecified atom stereocenters. The van der Waals surface area contributed by atoms with Crippen LogP contribution in [-0.2, 0) is 23.8 Å². The van der Waals surface area contributed by atoms with Crippen molar-refractivity contribution in [3.8, 4) is 0 Å². The summed E-state index contributed by atoms with van der Waals surface area (Å²) in [6.45, 7) is 10.7. The highest BCUT2D eigenvalue weighted by Crippen LogP contribution is 2.31. The number of hydrogen-bond donors (Lipinski definition) is 1. The Kier molecular flexibility index (Phi) is 10.9. The van der Waals surface area contributed by atoms with Gasteiger partial charge in [-0.3, -0.25) is 14.4 Å². The Labute approximate surface area is 223 Å². The predicted octanol–water partition coefficient (Wildman–Crippen LogP) is 4.49. The van der Waals surface area contributed by atoms with Crippen LogP contribution in [0.3, 0.4) is 0 Å². The molecule has 1 heterocycles. The number of methoxy groups -OCH3 is 1. The number of amides is 2. The molecule has 208 valence electrons. The van der Waals surface area contributed by atoms with Crippen LogP contribution in [0.2, 0.25) is 0 Å². The lowest BCUT2D eigenvalue weighted by Gasteiger charge is -2.34. The highest BCUT2D eigenvalue weighted by atomic mass is 32.1. The molecule has 1 aromatic heterocycles. The minimum atomic E-state index is -0.725. The van der Waals surface area contributed by atoms with Crippen molar-refractivity contribution in [2.75, 3.05) is 14.2 Å². The Bertz CT molecular complexity index is 948. The van der Waals surface area contributed by atoms with Gasteiger partial charge in [-0.15, -0.1) is 11.3 Å². The van der Waals surface area contributed by atoms with Gasteiger partial charge in [-0.25, -0.2) is 9.78 Å². The standard InChI is InChI=1S/C26H41N3O7S/c1-15(2)20(29(7)25(33)36-26(4,5)6)13-21(35-16(3)30)23-28-19(14-37-23)22(31)27-18-11-9-17(10-12-18)24(32)34-8/h14-15,17-18,20-21H,9-13H2,1-8H3,(H,27,31)/t17-,18-,20-,21-/m1/s1. The highest BCUT2D eigenvalue weighted by molar-refractivity contribution is 7.09. The second-order valence-electron chi connectivity index (χ2n) is 10.9. The van der Waals surface area contributed by atoms with Gasteiger partial charge in [0.05, 0.1) is 13.0 Å². The molecule has 1 aliphatic rings. The lowest BCUT2D eigenvalue weighted by Crippen LogP contribution is -2.44. The Morgan fingerprint density at radius 1 is 1.16 bits per heavy atom. The summed E-state index contributed by atoms with van der Waals surface area (Å²) in [5.74, 6) is -1.07. The van der Waals surface area contributed by atoms with Crippen LogP contribution in [0.15, 0.2) is 5.38 Å². The lowest BCUT2D eigenvalue weighted by molar-refractivity contribution is -0.148. The highest BCUT2D eigenvalue weighted by Gasteiger charge is 2.33. The van der Waals surface area contributed by atoms with Crippen molar-refractivity contribution in [3.63, 3.8) is 0 Å². The normalized spacial score (nSPS) is 19.5. The molecule has 0 spiro atoms. The first kappa shape index (κ1) is 30.5. The fraction of sp³-hybridized carbons (Fsp3) is 0.731. The first-order chi connectivity index (χ1) is 17.2. The number of aromatic nitrogens is 1. The Balaban J connectivity index is 2.11. The molecular weight excluding hydrogens is 498 g/mol. The molecule has 1 saturated carbocycles. The SMILES string of the molecule is COC(=O)[C@H]1CC[C@H](NC(=O)c2csc([C@@H](C[C@H](C(C)C)N(C)C(=O)OC(C)(C)C)OC(C)=O)n2)CC1. The molecule has 2 rings (SSSR count). The maximum absolute atomic E-state index is 12.9. The van der Waals surface area contributed by atoms with Crippen LogP contribution in [0.5, 0.6) is 0 Å². The molecule has 0 bridgehead atoms. The summed E-state index contributed by atoms with van der Waals surface area (Å²) in [4.78, 5) is 55.2. The second-order valence-corrected chi connectivity index (χ2v) is 11.7. The van der Waals surface area contributed by atoms with E-state index in [0.29, 0.717) is 37.1 Å². The largest absolute Gasteiger partial charge is 0.469 e. The van der Waals surface area contributed by atoms with E-state index >= 15 is 0 Å². The molecule has 10 nitrogen and oxygen atoms in total. The van der Waals surface area contributed by atoms with Gasteiger partial charge < -0.3 is 24.4 Å². The van der Waals surface area contributed by atoms with Gasteiger partial charge in [0.25, 0.3) is 5.91 Å². The Morgan fingerprint density at radius 2 is 1.78 bits per heavy atom. The van der Waals surface area contributed by atoms with Gasteiger partial charge >= 0.3 is 18.0 Å². The van der Waals surface area contributed by atoms with E-state index in [0.717, 1.165) is 0 Å². The van der Waals surface area contributed by atoms with Crippen LogP contribution in [0, 0.1) is 11.8 Å². The van der Waals surface area contributed by atoms with Crippen molar-refractivity contribution >= 4 is 35.3 Å². The molecule has 1 aliphatic carbocycles. The summed E-state index contributed by atoms with van der Waals surface area (Å²) in [6, 6.07) is -0.346. The predicted molar refractivity (Wildman–Crippen MR) is 139 cm³/mol. The number of carbonyl (C=O) groups is 4. The van der Waals surface area contributed by atoms with Crippen LogP contribution in [0.4, 0.5) is 4.79 Å². The Hall–Kier alpha value is -2.69. The number of thiazole rings is 1. The number of rotatable bonds is 9. The fourth-order valence-corrected chi connectivity index (χ4v) is 5.24. The quantitative estimate of drug-likeness (QED) is 0.360. The van der Waals surface area contributed by atoms with Crippen molar-refractivity contribution in [2.45, 2.75) is 97.4 Å². The first-order valence-electron chi connectivity index (χ1n) is 12.7. The Morgan fingerprint density at radius 3 is 2.30 bits per heavy atom. The van der Waals surface area contributed by atoms with Gasteiger partial charge in [-0.2, -0.15) is 0 Å². The van der Waals surface area contributed by atoms with Crippen LogP contribution < -0.4 is 5.32 Å². The minimum Gasteiger partial charge on any atom is -0.469 e. The number of nitrogens with zero attached hydrogens (tertiary/aromatic N) is 2. The van der Waals surface area contributed by atoms with Crippen molar-refractivity contribution in [1.82, 2.24) is 15.2 Å². The van der Waals surface area contributed by atoms with Gasteiger partial charge in [-0.05, 0) is 52.4 Å². The second kappa shape index (κ2) is 13.2. The molecule has 1 N–H and O–H groups in total. The smallest absolute Gasteiger partial charge is 0.410 e. The molecule has 1 aromatic rings. The zero-order valence-electron chi connectivity index (χ0n) is 23.2. The van der Waals surface area contributed by atoms with Gasteiger partial charge in [0.15, 0.2) is 6.10 Å². The third-order valence-corrected chi connectivity index (χ3v) is 7.28. The van der Waals surface area contributed by atoms with Gasteiger partial charge in [-0.1, -0.05) is 13.8 Å². The molecule has 2 amide bonds. The average molecular weight is 540 g/mol. The third-order valence-electron chi connectivity index (χ3n) is 6.34. The first-order valence-corrected chi connectivity index (χ1v) is 13.6. The monoisotopic (exact) mass is 539 g/mol. The van der Waals surface area contributed by atoms with Crippen molar-refractivity contribution < 1.29 is 33.4 Å². The average Bonchev–Trinajstić information content (AvgIpc) is 3.30. The fourth-order valence-electron chi connectivity index (χ4n) is 4.41. The number of ether oxygens (including phenoxy) is 3. The summed E-state index contributed by atoms with van der Waals surface area (Å²) in [6.07, 6.45) is 1.81. The zero-order chi connectivity index (χ0) is 27.9. The molecule has 11 heteroatoms. The van der Waals surface area contributed by atoms with Crippen LogP contribution >= 0.6 is 11.3 Å². The molecule has 0 saturated heterocycles. The van der Waals surface area contributed by atoms with Gasteiger partial charge in [0.2, 0.25) is 0 Å². The van der Waals surface area contributed by atoms with Crippen LogP contribution in [0.1, 0.15) is 95.2 Å². The van der Waals surface area contributed by atoms with Crippen LogP contribution in [0.25, 0.3) is 0 Å². The molecule has 1 fully saturated rings. The molecule has 0 aromatic carbocycles. The summed E-state index contributed by atoms with van der Waals surface area (Å²) >= 11 is 1.24. The molecule has 0 aliphatic heterocycles. The number of hydrogen-bond acceptors (Lipinski definition) is 9. The van der Waals surface area contributed by atoms with E-state index in [9.17, 15) is 19.2 Å². The molecule has 37 heavy (non-hydrogen) atoms. The molecule has 0 radical (unpaired) electrons. The third kappa shape index (κ3) is 9.28. The summed E-state index contributed by atoms with van der Waals surface area (Å²) in [5.41, 5.74) is -0.396. The summed E-state index contributed by atoms with van der Waals surface area (Å²) in [5, 5.41) is 5.12. The minimum absolute atomic E-state index is 0.0402. The van der Waals surface area contributed by atoms with E-state index < -0.39 is 23.8 Å². The maximum atomic E-state index is 12.9. The molecular formula is C26H41N3O7S. The van der Waals surface area contributed by atoms with E-state index in [1.807, 2.05) is 13.8 Å². The van der Waals surface area contributed by atoms with E-state index in [1.165, 1.54) is 30.3 Å². The lowest BCUT2D eigenvalue weighted by atomic mass is 9.86. The van der Waals surface area contributed by atoms with Crippen molar-refractivity contribution in [1.29, 1.82) is 0 Å². The van der Waals surface area contributed by atoms with Crippen LogP contribution in [-0.4, -0.2) is 65.7 Å². The van der Waals surface area contributed by atoms with E-state index in [1.54, 1.807) is 33.2 Å². The summed E-state index contributed by atoms with van der Waals surface area (Å²) in [7, 11) is 3.05. The van der Waals surface area contributed by atoms with Gasteiger partial charge in [0.1, 0.15) is 16.3 Å². The van der Waals surface area contributed by atoms with E-state index in [4.69, 9.17) is 14.2 Å². The maximum Gasteiger partial charge on any atom is 0.410 e. The van der Waals surface area contributed by atoms with E-state index in [2.05, 4.69) is 10.3 Å². The summed E-state index contributed by atoms with van der Waals surface area (Å²) < 4.78 is 15.9. The molecule has 2 atom stereocenters. The number of carbonyl (C=O) groups excluding carboxylic acids is 4.